The molecule has 0 aliphatic heterocycles. The van der Waals surface area contributed by atoms with Gasteiger partial charge in [-0.2, -0.15) is 0 Å². The molecule has 104 valence electrons. The van der Waals surface area contributed by atoms with Crippen molar-refractivity contribution in [3.8, 4) is 0 Å². The van der Waals surface area contributed by atoms with Gasteiger partial charge >= 0.3 is 0 Å². The molecule has 20 heavy (non-hydrogen) atoms. The van der Waals surface area contributed by atoms with E-state index in [0.717, 1.165) is 21.4 Å². The van der Waals surface area contributed by atoms with Gasteiger partial charge in [0.1, 0.15) is 0 Å². The third-order valence-electron chi connectivity index (χ3n) is 2.88. The molecule has 1 aromatic carbocycles. The van der Waals surface area contributed by atoms with Gasteiger partial charge in [-0.05, 0) is 43.7 Å². The molecule has 1 heterocycles. The zero-order valence-electron chi connectivity index (χ0n) is 11.2. The van der Waals surface area contributed by atoms with Gasteiger partial charge in [0.25, 0.3) is 5.91 Å². The predicted molar refractivity (Wildman–Crippen MR) is 83.6 cm³/mol. The SMILES string of the molecule is Cc1cc(NN)c(C(=O)Nc2ccc(Br)cc2C)cn1. The monoisotopic (exact) mass is 334 g/mol. The molecule has 0 saturated heterocycles. The number of pyridine rings is 1. The Labute approximate surface area is 125 Å². The summed E-state index contributed by atoms with van der Waals surface area (Å²) >= 11 is 3.39. The molecule has 0 spiro atoms. The summed E-state index contributed by atoms with van der Waals surface area (Å²) in [5.41, 5.74) is 5.97. The average molecular weight is 335 g/mol. The minimum absolute atomic E-state index is 0.254. The van der Waals surface area contributed by atoms with Crippen LogP contribution in [0.2, 0.25) is 0 Å². The zero-order valence-corrected chi connectivity index (χ0v) is 12.8. The Balaban J connectivity index is 2.28. The maximum Gasteiger partial charge on any atom is 0.259 e. The van der Waals surface area contributed by atoms with Crippen LogP contribution in [0, 0.1) is 13.8 Å². The summed E-state index contributed by atoms with van der Waals surface area (Å²) in [4.78, 5) is 16.4. The lowest BCUT2D eigenvalue weighted by atomic mass is 10.1. The van der Waals surface area contributed by atoms with Crippen LogP contribution in [0.15, 0.2) is 34.9 Å². The van der Waals surface area contributed by atoms with Gasteiger partial charge in [0, 0.05) is 22.1 Å². The first-order chi connectivity index (χ1) is 9.51. The highest BCUT2D eigenvalue weighted by atomic mass is 79.9. The lowest BCUT2D eigenvalue weighted by Gasteiger charge is -2.11. The smallest absolute Gasteiger partial charge is 0.259 e. The number of nitrogens with zero attached hydrogens (tertiary/aromatic N) is 1. The number of anilines is 2. The fourth-order valence-corrected chi connectivity index (χ4v) is 2.29. The molecule has 0 aliphatic rings. The molecule has 6 heteroatoms. The van der Waals surface area contributed by atoms with Crippen LogP contribution in [0.5, 0.6) is 0 Å². The third-order valence-corrected chi connectivity index (χ3v) is 3.37. The van der Waals surface area contributed by atoms with Gasteiger partial charge in [-0.15, -0.1) is 0 Å². The van der Waals surface area contributed by atoms with Crippen molar-refractivity contribution in [3.63, 3.8) is 0 Å². The van der Waals surface area contributed by atoms with E-state index >= 15 is 0 Å². The Hall–Kier alpha value is -1.92. The van der Waals surface area contributed by atoms with E-state index in [4.69, 9.17) is 5.84 Å². The number of nitrogen functional groups attached to an aromatic ring is 1. The fourth-order valence-electron chi connectivity index (χ4n) is 1.82. The molecule has 1 aromatic heterocycles. The topological polar surface area (TPSA) is 80.0 Å². The van der Waals surface area contributed by atoms with E-state index in [9.17, 15) is 4.79 Å². The van der Waals surface area contributed by atoms with Crippen LogP contribution < -0.4 is 16.6 Å². The highest BCUT2D eigenvalue weighted by Crippen LogP contribution is 2.22. The molecule has 0 atom stereocenters. The number of aromatic nitrogens is 1. The minimum Gasteiger partial charge on any atom is -0.323 e. The van der Waals surface area contributed by atoms with Crippen LogP contribution in [-0.2, 0) is 0 Å². The third kappa shape index (κ3) is 3.15. The van der Waals surface area contributed by atoms with Crippen LogP contribution in [0.3, 0.4) is 0 Å². The first-order valence-corrected chi connectivity index (χ1v) is 6.81. The van der Waals surface area contributed by atoms with E-state index in [1.54, 1.807) is 6.07 Å². The van der Waals surface area contributed by atoms with Crippen LogP contribution in [0.4, 0.5) is 11.4 Å². The average Bonchev–Trinajstić information content (AvgIpc) is 2.41. The number of rotatable bonds is 3. The summed E-state index contributed by atoms with van der Waals surface area (Å²) in [5, 5.41) is 2.85. The summed E-state index contributed by atoms with van der Waals surface area (Å²) < 4.78 is 0.967. The van der Waals surface area contributed by atoms with Crippen molar-refractivity contribution in [3.05, 3.63) is 51.8 Å². The van der Waals surface area contributed by atoms with Gasteiger partial charge in [0.2, 0.25) is 0 Å². The van der Waals surface area contributed by atoms with E-state index in [1.165, 1.54) is 6.20 Å². The summed E-state index contributed by atoms with van der Waals surface area (Å²) in [7, 11) is 0. The number of hydrazine groups is 1. The number of aryl methyl sites for hydroxylation is 2. The second-order valence-corrected chi connectivity index (χ2v) is 5.34. The zero-order chi connectivity index (χ0) is 14.7. The Kier molecular flexibility index (Phi) is 4.36. The highest BCUT2D eigenvalue weighted by molar-refractivity contribution is 9.10. The summed E-state index contributed by atoms with van der Waals surface area (Å²) in [6.45, 7) is 3.76. The van der Waals surface area contributed by atoms with Gasteiger partial charge in [0.15, 0.2) is 0 Å². The Morgan fingerprint density at radius 2 is 2.00 bits per heavy atom. The van der Waals surface area contributed by atoms with Crippen LogP contribution in [0.1, 0.15) is 21.6 Å². The van der Waals surface area contributed by atoms with Gasteiger partial charge in [-0.3, -0.25) is 15.6 Å². The number of hydrogen-bond acceptors (Lipinski definition) is 4. The number of hydrogen-bond donors (Lipinski definition) is 3. The predicted octanol–water partition coefficient (Wildman–Crippen LogP) is 3.00. The van der Waals surface area contributed by atoms with Crippen LogP contribution in [-0.4, -0.2) is 10.9 Å². The molecule has 1 amide bonds. The van der Waals surface area contributed by atoms with Gasteiger partial charge < -0.3 is 10.7 Å². The highest BCUT2D eigenvalue weighted by Gasteiger charge is 2.13. The van der Waals surface area contributed by atoms with E-state index in [0.29, 0.717) is 11.3 Å². The molecular weight excluding hydrogens is 320 g/mol. The first-order valence-electron chi connectivity index (χ1n) is 6.02. The fraction of sp³-hybridized carbons (Fsp3) is 0.143. The number of amides is 1. The van der Waals surface area contributed by atoms with E-state index in [1.807, 2.05) is 32.0 Å². The molecular formula is C14H15BrN4O. The summed E-state index contributed by atoms with van der Waals surface area (Å²) in [5.74, 6) is 5.18. The normalized spacial score (nSPS) is 10.2. The molecule has 5 nitrogen and oxygen atoms in total. The molecule has 2 rings (SSSR count). The van der Waals surface area contributed by atoms with Crippen molar-refractivity contribution in [1.82, 2.24) is 4.98 Å². The number of nitrogens with one attached hydrogen (secondary N) is 2. The number of halogens is 1. The molecule has 4 N–H and O–H groups in total. The lowest BCUT2D eigenvalue weighted by molar-refractivity contribution is 0.102. The van der Waals surface area contributed by atoms with Crippen molar-refractivity contribution < 1.29 is 4.79 Å². The maximum absolute atomic E-state index is 12.3. The summed E-state index contributed by atoms with van der Waals surface area (Å²) in [6, 6.07) is 7.38. The molecule has 0 fully saturated rings. The first kappa shape index (κ1) is 14.5. The lowest BCUT2D eigenvalue weighted by Crippen LogP contribution is -2.18. The van der Waals surface area contributed by atoms with E-state index in [2.05, 4.69) is 31.7 Å². The van der Waals surface area contributed by atoms with Crippen molar-refractivity contribution in [2.45, 2.75) is 13.8 Å². The molecule has 0 radical (unpaired) electrons. The largest absolute Gasteiger partial charge is 0.323 e. The number of nitrogens with two attached hydrogens (primary N) is 1. The Morgan fingerprint density at radius 3 is 2.65 bits per heavy atom. The van der Waals surface area contributed by atoms with E-state index < -0.39 is 0 Å². The molecule has 0 saturated carbocycles. The number of carbonyl (C=O) groups excluding carboxylic acids is 1. The maximum atomic E-state index is 12.3. The van der Waals surface area contributed by atoms with Crippen molar-refractivity contribution in [2.75, 3.05) is 10.7 Å². The number of carbonyl (C=O) groups is 1. The molecule has 0 bridgehead atoms. The van der Waals surface area contributed by atoms with Crippen molar-refractivity contribution in [1.29, 1.82) is 0 Å². The second-order valence-electron chi connectivity index (χ2n) is 4.43. The van der Waals surface area contributed by atoms with Crippen molar-refractivity contribution >= 4 is 33.2 Å². The van der Waals surface area contributed by atoms with Crippen LogP contribution in [0.25, 0.3) is 0 Å². The molecule has 2 aromatic rings. The Bertz CT molecular complexity index is 658. The van der Waals surface area contributed by atoms with Crippen LogP contribution >= 0.6 is 15.9 Å². The van der Waals surface area contributed by atoms with Gasteiger partial charge in [-0.1, -0.05) is 15.9 Å². The minimum atomic E-state index is -0.254. The Morgan fingerprint density at radius 1 is 1.25 bits per heavy atom. The van der Waals surface area contributed by atoms with Gasteiger partial charge in [0.05, 0.1) is 11.3 Å². The van der Waals surface area contributed by atoms with E-state index in [-0.39, 0.29) is 5.91 Å². The van der Waals surface area contributed by atoms with Crippen molar-refractivity contribution in [2.24, 2.45) is 5.84 Å². The number of benzene rings is 1. The molecule has 0 unspecified atom stereocenters. The quantitative estimate of drug-likeness (QED) is 0.595. The molecule has 0 aliphatic carbocycles. The van der Waals surface area contributed by atoms with Gasteiger partial charge in [-0.25, -0.2) is 0 Å². The second kappa shape index (κ2) is 6.02. The summed E-state index contributed by atoms with van der Waals surface area (Å²) in [6.07, 6.45) is 1.51. The standard InChI is InChI=1S/C14H15BrN4O/c1-8-5-10(15)3-4-12(8)18-14(20)11-7-17-9(2)6-13(11)19-16/h3-7H,16H2,1-2H3,(H,17,19)(H,18,20).